The first-order chi connectivity index (χ1) is 7.45. The van der Waals surface area contributed by atoms with Crippen molar-refractivity contribution in [1.29, 1.82) is 0 Å². The van der Waals surface area contributed by atoms with Gasteiger partial charge in [-0.05, 0) is 47.6 Å². The Morgan fingerprint density at radius 2 is 1.44 bits per heavy atom. The molecule has 0 aromatic carbocycles. The maximum Gasteiger partial charge on any atom is 0.0590 e. The molecule has 1 unspecified atom stereocenters. The standard InChI is InChI=1S/C12H31N3Si/c1-9(2)14-12(15-10(3)4)8-11(5)13-6-7-16/h9-15H,6-8H2,1-5,16H3. The summed E-state index contributed by atoms with van der Waals surface area (Å²) in [5, 5.41) is 10.7. The predicted octanol–water partition coefficient (Wildman–Crippen LogP) is 0.460. The van der Waals surface area contributed by atoms with E-state index >= 15 is 0 Å². The first-order valence-electron chi connectivity index (χ1n) is 6.71. The fourth-order valence-corrected chi connectivity index (χ4v) is 2.11. The van der Waals surface area contributed by atoms with Crippen molar-refractivity contribution in [3.05, 3.63) is 0 Å². The van der Waals surface area contributed by atoms with Gasteiger partial charge in [0.2, 0.25) is 0 Å². The Balaban J connectivity index is 3.98. The molecule has 0 heterocycles. The first kappa shape index (κ1) is 16.1. The summed E-state index contributed by atoms with van der Waals surface area (Å²) in [6, 6.07) is 2.98. The molecule has 0 aliphatic heterocycles. The molecule has 16 heavy (non-hydrogen) atoms. The average molecular weight is 245 g/mol. The molecule has 0 aliphatic rings. The summed E-state index contributed by atoms with van der Waals surface area (Å²) in [5.74, 6) is 0. The van der Waals surface area contributed by atoms with E-state index in [4.69, 9.17) is 0 Å². The Bertz CT molecular complexity index is 152. The van der Waals surface area contributed by atoms with Crippen LogP contribution < -0.4 is 16.0 Å². The quantitative estimate of drug-likeness (QED) is 0.408. The molecule has 0 aliphatic carbocycles. The minimum atomic E-state index is 0.414. The summed E-state index contributed by atoms with van der Waals surface area (Å²) in [4.78, 5) is 0. The van der Waals surface area contributed by atoms with E-state index in [2.05, 4.69) is 50.6 Å². The van der Waals surface area contributed by atoms with Crippen LogP contribution in [0.5, 0.6) is 0 Å². The molecule has 3 N–H and O–H groups in total. The normalized spacial score (nSPS) is 14.2. The van der Waals surface area contributed by atoms with Crippen molar-refractivity contribution < 1.29 is 0 Å². The second kappa shape index (κ2) is 9.16. The largest absolute Gasteiger partial charge is 0.314 e. The minimum absolute atomic E-state index is 0.414. The number of nitrogens with one attached hydrogen (secondary N) is 3. The van der Waals surface area contributed by atoms with Crippen molar-refractivity contribution in [2.24, 2.45) is 0 Å². The monoisotopic (exact) mass is 245 g/mol. The van der Waals surface area contributed by atoms with E-state index in [1.165, 1.54) is 22.8 Å². The van der Waals surface area contributed by atoms with Gasteiger partial charge in [-0.25, -0.2) is 0 Å². The summed E-state index contributed by atoms with van der Waals surface area (Å²) in [5.41, 5.74) is 0. The Labute approximate surface area is 105 Å². The summed E-state index contributed by atoms with van der Waals surface area (Å²) in [6.07, 6.45) is 1.55. The van der Waals surface area contributed by atoms with Crippen LogP contribution in [-0.2, 0) is 0 Å². The Morgan fingerprint density at radius 1 is 0.938 bits per heavy atom. The maximum absolute atomic E-state index is 3.58. The molecule has 1 atom stereocenters. The lowest BCUT2D eigenvalue weighted by Gasteiger charge is -2.27. The third kappa shape index (κ3) is 9.33. The van der Waals surface area contributed by atoms with Gasteiger partial charge in [-0.2, -0.15) is 0 Å². The van der Waals surface area contributed by atoms with Gasteiger partial charge in [-0.15, -0.1) is 0 Å². The Hall–Kier alpha value is 0.0969. The fraction of sp³-hybridized carbons (Fsp3) is 1.00. The average Bonchev–Trinajstić information content (AvgIpc) is 2.12. The van der Waals surface area contributed by atoms with Crippen LogP contribution in [0.2, 0.25) is 6.04 Å². The molecule has 0 saturated heterocycles. The highest BCUT2D eigenvalue weighted by Gasteiger charge is 2.14. The summed E-state index contributed by atoms with van der Waals surface area (Å²) in [7, 11) is 1.30. The van der Waals surface area contributed by atoms with Gasteiger partial charge in [0, 0.05) is 28.4 Å². The summed E-state index contributed by atoms with van der Waals surface area (Å²) < 4.78 is 0. The third-order valence-electron chi connectivity index (χ3n) is 2.40. The molecule has 0 aromatic rings. The number of hydrogen-bond acceptors (Lipinski definition) is 3. The molecule has 0 bridgehead atoms. The molecule has 0 saturated carbocycles. The van der Waals surface area contributed by atoms with Crippen LogP contribution in [0.3, 0.4) is 0 Å². The van der Waals surface area contributed by atoms with Crippen LogP contribution in [0.1, 0.15) is 41.0 Å². The Morgan fingerprint density at radius 3 is 1.81 bits per heavy atom. The summed E-state index contributed by atoms with van der Waals surface area (Å²) >= 11 is 0. The lowest BCUT2D eigenvalue weighted by Crippen LogP contribution is -2.51. The SMILES string of the molecule is CC(C)NC(CC(C)NCC[SiH3])NC(C)C. The van der Waals surface area contributed by atoms with E-state index in [1.807, 2.05) is 0 Å². The highest BCUT2D eigenvalue weighted by molar-refractivity contribution is 6.08. The predicted molar refractivity (Wildman–Crippen MR) is 77.2 cm³/mol. The third-order valence-corrected chi connectivity index (χ3v) is 2.90. The van der Waals surface area contributed by atoms with Gasteiger partial charge in [0.1, 0.15) is 0 Å². The van der Waals surface area contributed by atoms with Gasteiger partial charge in [0.05, 0.1) is 6.17 Å². The zero-order valence-electron chi connectivity index (χ0n) is 11.9. The van der Waals surface area contributed by atoms with Crippen LogP contribution in [0.25, 0.3) is 0 Å². The van der Waals surface area contributed by atoms with Crippen molar-refractivity contribution >= 4 is 10.2 Å². The molecule has 3 nitrogen and oxygen atoms in total. The molecule has 0 radical (unpaired) electrons. The zero-order chi connectivity index (χ0) is 12.6. The van der Waals surface area contributed by atoms with E-state index in [9.17, 15) is 0 Å². The van der Waals surface area contributed by atoms with Crippen LogP contribution in [0.15, 0.2) is 0 Å². The molecule has 0 aromatic heterocycles. The second-order valence-corrected chi connectivity index (χ2v) is 6.29. The van der Waals surface area contributed by atoms with Gasteiger partial charge in [-0.1, -0.05) is 6.04 Å². The van der Waals surface area contributed by atoms with E-state index in [1.54, 1.807) is 0 Å². The van der Waals surface area contributed by atoms with Crippen molar-refractivity contribution in [3.8, 4) is 0 Å². The van der Waals surface area contributed by atoms with Gasteiger partial charge in [0.25, 0.3) is 0 Å². The highest BCUT2D eigenvalue weighted by atomic mass is 28.1. The van der Waals surface area contributed by atoms with Crippen LogP contribution in [0, 0.1) is 0 Å². The van der Waals surface area contributed by atoms with E-state index in [0.717, 1.165) is 6.42 Å². The Kier molecular flexibility index (Phi) is 9.22. The highest BCUT2D eigenvalue weighted by Crippen LogP contribution is 1.99. The molecule has 0 spiro atoms. The maximum atomic E-state index is 3.58. The first-order valence-corrected chi connectivity index (χ1v) is 8.12. The molecule has 0 amide bonds. The molecule has 4 heteroatoms. The lowest BCUT2D eigenvalue weighted by atomic mass is 10.1. The second-order valence-electron chi connectivity index (χ2n) is 5.29. The van der Waals surface area contributed by atoms with Crippen LogP contribution >= 0.6 is 0 Å². The molecular weight excluding hydrogens is 214 g/mol. The van der Waals surface area contributed by atoms with Gasteiger partial charge >= 0.3 is 0 Å². The van der Waals surface area contributed by atoms with Gasteiger partial charge in [0.15, 0.2) is 0 Å². The molecular formula is C12H31N3Si. The zero-order valence-corrected chi connectivity index (χ0v) is 13.9. The van der Waals surface area contributed by atoms with Gasteiger partial charge in [-0.3, -0.25) is 10.6 Å². The fourth-order valence-electron chi connectivity index (χ4n) is 1.82. The minimum Gasteiger partial charge on any atom is -0.314 e. The smallest absolute Gasteiger partial charge is 0.0590 e. The molecule has 98 valence electrons. The van der Waals surface area contributed by atoms with Crippen molar-refractivity contribution in [1.82, 2.24) is 16.0 Å². The van der Waals surface area contributed by atoms with E-state index < -0.39 is 0 Å². The lowest BCUT2D eigenvalue weighted by molar-refractivity contribution is 0.318. The van der Waals surface area contributed by atoms with Gasteiger partial charge < -0.3 is 5.32 Å². The number of hydrogen-bond donors (Lipinski definition) is 3. The van der Waals surface area contributed by atoms with E-state index in [-0.39, 0.29) is 0 Å². The molecule has 0 fully saturated rings. The topological polar surface area (TPSA) is 36.1 Å². The van der Waals surface area contributed by atoms with E-state index in [0.29, 0.717) is 24.3 Å². The van der Waals surface area contributed by atoms with Crippen molar-refractivity contribution in [2.45, 2.75) is 71.4 Å². The number of rotatable bonds is 9. The van der Waals surface area contributed by atoms with Crippen LogP contribution in [0.4, 0.5) is 0 Å². The van der Waals surface area contributed by atoms with Crippen molar-refractivity contribution in [2.75, 3.05) is 6.54 Å². The molecule has 0 rings (SSSR count). The van der Waals surface area contributed by atoms with Crippen molar-refractivity contribution in [3.63, 3.8) is 0 Å². The van der Waals surface area contributed by atoms with Crippen LogP contribution in [-0.4, -0.2) is 41.1 Å². The summed E-state index contributed by atoms with van der Waals surface area (Å²) in [6.45, 7) is 12.2.